The van der Waals surface area contributed by atoms with Gasteiger partial charge in [-0.1, -0.05) is 50.1 Å². The highest BCUT2D eigenvalue weighted by molar-refractivity contribution is 5.97. The molecule has 0 fully saturated rings. The molecule has 1 aromatic carbocycles. The summed E-state index contributed by atoms with van der Waals surface area (Å²) in [7, 11) is 0. The van der Waals surface area contributed by atoms with Crippen LogP contribution in [0.1, 0.15) is 31.7 Å². The molecule has 1 aromatic rings. The molecule has 0 aliphatic rings. The monoisotopic (exact) mass is 271 g/mol. The first-order valence-corrected chi connectivity index (χ1v) is 6.93. The van der Waals surface area contributed by atoms with Crippen molar-refractivity contribution in [1.82, 2.24) is 10.6 Å². The molecule has 0 aliphatic heterocycles. The molecule has 20 heavy (non-hydrogen) atoms. The van der Waals surface area contributed by atoms with Gasteiger partial charge >= 0.3 is 0 Å². The molecule has 0 unspecified atom stereocenters. The van der Waals surface area contributed by atoms with E-state index in [0.29, 0.717) is 6.54 Å². The zero-order valence-electron chi connectivity index (χ0n) is 11.9. The van der Waals surface area contributed by atoms with E-state index in [1.54, 1.807) is 0 Å². The van der Waals surface area contributed by atoms with Gasteiger partial charge in [-0.15, -0.1) is 0 Å². The Morgan fingerprint density at radius 3 is 2.70 bits per heavy atom. The Bertz CT molecular complexity index is 474. The maximum Gasteiger partial charge on any atom is 0.263 e. The number of benzene rings is 1. The van der Waals surface area contributed by atoms with Crippen molar-refractivity contribution in [3.63, 3.8) is 0 Å². The van der Waals surface area contributed by atoms with E-state index in [0.717, 1.165) is 31.4 Å². The fourth-order valence-electron chi connectivity index (χ4n) is 1.67. The first-order chi connectivity index (χ1) is 9.77. The molecule has 0 saturated carbocycles. The van der Waals surface area contributed by atoms with Crippen molar-refractivity contribution < 1.29 is 4.79 Å². The van der Waals surface area contributed by atoms with Gasteiger partial charge in [0, 0.05) is 19.3 Å². The van der Waals surface area contributed by atoms with Gasteiger partial charge in [-0.2, -0.15) is 5.26 Å². The van der Waals surface area contributed by atoms with Crippen molar-refractivity contribution in [2.24, 2.45) is 0 Å². The van der Waals surface area contributed by atoms with Crippen molar-refractivity contribution >= 4 is 5.91 Å². The summed E-state index contributed by atoms with van der Waals surface area (Å²) in [6.07, 6.45) is 4.82. The Hall–Kier alpha value is -2.28. The first-order valence-electron chi connectivity index (χ1n) is 6.93. The molecule has 1 rings (SSSR count). The molecule has 0 atom stereocenters. The highest BCUT2D eigenvalue weighted by atomic mass is 16.1. The molecule has 0 heterocycles. The second-order valence-electron chi connectivity index (χ2n) is 4.50. The summed E-state index contributed by atoms with van der Waals surface area (Å²) in [4.78, 5) is 11.8. The number of nitriles is 1. The minimum Gasteiger partial charge on any atom is -0.390 e. The van der Waals surface area contributed by atoms with Crippen LogP contribution >= 0.6 is 0 Å². The molecule has 0 radical (unpaired) electrons. The standard InChI is InChI=1S/C16H21N3O/c1-2-3-7-10-18-13-15(11-17)16(20)19-12-14-8-5-4-6-9-14/h4-6,8-9,13,18H,2-3,7,10,12H2,1H3,(H,19,20)/b15-13-. The van der Waals surface area contributed by atoms with E-state index in [2.05, 4.69) is 17.6 Å². The van der Waals surface area contributed by atoms with Crippen LogP contribution in [-0.2, 0) is 11.3 Å². The predicted octanol–water partition coefficient (Wildman–Crippen LogP) is 2.49. The van der Waals surface area contributed by atoms with Gasteiger partial charge in [-0.05, 0) is 12.0 Å². The van der Waals surface area contributed by atoms with Crippen LogP contribution in [0.15, 0.2) is 42.1 Å². The lowest BCUT2D eigenvalue weighted by Gasteiger charge is -2.05. The third-order valence-corrected chi connectivity index (χ3v) is 2.83. The SMILES string of the molecule is CCCCCN/C=C(/C#N)C(=O)NCc1ccccc1. The maximum absolute atomic E-state index is 11.8. The van der Waals surface area contributed by atoms with Crippen LogP contribution in [0.3, 0.4) is 0 Å². The van der Waals surface area contributed by atoms with E-state index in [1.165, 1.54) is 6.20 Å². The molecule has 4 heteroatoms. The van der Waals surface area contributed by atoms with Crippen molar-refractivity contribution in [1.29, 1.82) is 5.26 Å². The number of hydrogen-bond donors (Lipinski definition) is 2. The number of hydrogen-bond acceptors (Lipinski definition) is 3. The summed E-state index contributed by atoms with van der Waals surface area (Å²) >= 11 is 0. The lowest BCUT2D eigenvalue weighted by molar-refractivity contribution is -0.117. The Kier molecular flexibility index (Phi) is 7.59. The van der Waals surface area contributed by atoms with Gasteiger partial charge in [0.25, 0.3) is 5.91 Å². The molecule has 1 amide bonds. The van der Waals surface area contributed by atoms with Crippen LogP contribution in [0, 0.1) is 11.3 Å². The number of unbranched alkanes of at least 4 members (excludes halogenated alkanes) is 2. The summed E-state index contributed by atoms with van der Waals surface area (Å²) in [5.41, 5.74) is 1.12. The van der Waals surface area contributed by atoms with Crippen molar-refractivity contribution in [3.8, 4) is 6.07 Å². The predicted molar refractivity (Wildman–Crippen MR) is 79.5 cm³/mol. The summed E-state index contributed by atoms with van der Waals surface area (Å²) in [5.74, 6) is -0.348. The smallest absolute Gasteiger partial charge is 0.263 e. The third-order valence-electron chi connectivity index (χ3n) is 2.83. The Balaban J connectivity index is 2.39. The lowest BCUT2D eigenvalue weighted by Crippen LogP contribution is -2.25. The van der Waals surface area contributed by atoms with E-state index in [1.807, 2.05) is 36.4 Å². The van der Waals surface area contributed by atoms with Crippen LogP contribution in [-0.4, -0.2) is 12.5 Å². The lowest BCUT2D eigenvalue weighted by atomic mass is 10.2. The van der Waals surface area contributed by atoms with Crippen molar-refractivity contribution in [3.05, 3.63) is 47.7 Å². The average Bonchev–Trinajstić information content (AvgIpc) is 2.49. The Morgan fingerprint density at radius 1 is 1.30 bits per heavy atom. The van der Waals surface area contributed by atoms with Crippen LogP contribution in [0.5, 0.6) is 0 Å². The number of carbonyl (C=O) groups is 1. The van der Waals surface area contributed by atoms with Gasteiger partial charge in [0.15, 0.2) is 0 Å². The summed E-state index contributed by atoms with van der Waals surface area (Å²) in [6, 6.07) is 11.5. The van der Waals surface area contributed by atoms with E-state index in [4.69, 9.17) is 5.26 Å². The quantitative estimate of drug-likeness (QED) is 0.434. The zero-order chi connectivity index (χ0) is 14.6. The fraction of sp³-hybridized carbons (Fsp3) is 0.375. The number of amides is 1. The van der Waals surface area contributed by atoms with E-state index in [-0.39, 0.29) is 11.5 Å². The fourth-order valence-corrected chi connectivity index (χ4v) is 1.67. The number of rotatable bonds is 8. The van der Waals surface area contributed by atoms with Crippen LogP contribution in [0.25, 0.3) is 0 Å². The molecule has 0 aliphatic carbocycles. The highest BCUT2D eigenvalue weighted by Crippen LogP contribution is 1.99. The van der Waals surface area contributed by atoms with Gasteiger partial charge in [0.05, 0.1) is 0 Å². The Morgan fingerprint density at radius 2 is 2.05 bits per heavy atom. The highest BCUT2D eigenvalue weighted by Gasteiger charge is 2.07. The first kappa shape index (κ1) is 15.8. The van der Waals surface area contributed by atoms with Gasteiger partial charge in [-0.25, -0.2) is 0 Å². The van der Waals surface area contributed by atoms with Gasteiger partial charge in [0.2, 0.25) is 0 Å². The number of nitrogens with one attached hydrogen (secondary N) is 2. The van der Waals surface area contributed by atoms with Gasteiger partial charge < -0.3 is 10.6 Å². The zero-order valence-corrected chi connectivity index (χ0v) is 11.9. The normalized spacial score (nSPS) is 10.7. The number of nitrogens with zero attached hydrogens (tertiary/aromatic N) is 1. The third kappa shape index (κ3) is 6.05. The largest absolute Gasteiger partial charge is 0.390 e. The Labute approximate surface area is 120 Å². The summed E-state index contributed by atoms with van der Waals surface area (Å²) in [6.45, 7) is 3.34. The second-order valence-corrected chi connectivity index (χ2v) is 4.50. The molecule has 0 spiro atoms. The van der Waals surface area contributed by atoms with Gasteiger partial charge in [0.1, 0.15) is 11.6 Å². The topological polar surface area (TPSA) is 64.9 Å². The van der Waals surface area contributed by atoms with Crippen LogP contribution in [0.2, 0.25) is 0 Å². The van der Waals surface area contributed by atoms with Crippen LogP contribution < -0.4 is 10.6 Å². The molecule has 0 bridgehead atoms. The molecule has 0 aromatic heterocycles. The average molecular weight is 271 g/mol. The molecule has 4 nitrogen and oxygen atoms in total. The van der Waals surface area contributed by atoms with Gasteiger partial charge in [-0.3, -0.25) is 4.79 Å². The van der Waals surface area contributed by atoms with Crippen LogP contribution in [0.4, 0.5) is 0 Å². The number of carbonyl (C=O) groups excluding carboxylic acids is 1. The maximum atomic E-state index is 11.8. The minimum atomic E-state index is -0.348. The minimum absolute atomic E-state index is 0.109. The summed E-state index contributed by atoms with van der Waals surface area (Å²) in [5, 5.41) is 14.7. The summed E-state index contributed by atoms with van der Waals surface area (Å²) < 4.78 is 0. The van der Waals surface area contributed by atoms with Crippen molar-refractivity contribution in [2.75, 3.05) is 6.54 Å². The molecular formula is C16H21N3O. The molecule has 106 valence electrons. The molecule has 0 saturated heterocycles. The second kappa shape index (κ2) is 9.62. The van der Waals surface area contributed by atoms with E-state index < -0.39 is 0 Å². The molecular weight excluding hydrogens is 250 g/mol. The molecule has 2 N–H and O–H groups in total. The van der Waals surface area contributed by atoms with E-state index in [9.17, 15) is 4.79 Å². The van der Waals surface area contributed by atoms with E-state index >= 15 is 0 Å². The van der Waals surface area contributed by atoms with Crippen molar-refractivity contribution in [2.45, 2.75) is 32.7 Å².